The SMILES string of the molecule is CCOCCN(C)c1ccc(C)cc1CNC. The van der Waals surface area contributed by atoms with Crippen LogP contribution in [0, 0.1) is 6.92 Å². The summed E-state index contributed by atoms with van der Waals surface area (Å²) in [6, 6.07) is 6.59. The second-order valence-corrected chi connectivity index (χ2v) is 4.28. The first-order chi connectivity index (χ1) is 8.19. The van der Waals surface area contributed by atoms with Crippen molar-refractivity contribution in [1.82, 2.24) is 5.32 Å². The highest BCUT2D eigenvalue weighted by Crippen LogP contribution is 2.20. The molecule has 0 heterocycles. The van der Waals surface area contributed by atoms with Crippen LogP contribution in [0.15, 0.2) is 18.2 Å². The molecule has 0 amide bonds. The number of anilines is 1. The normalized spacial score (nSPS) is 10.6. The summed E-state index contributed by atoms with van der Waals surface area (Å²) in [5.74, 6) is 0. The predicted octanol–water partition coefficient (Wildman–Crippen LogP) is 2.19. The summed E-state index contributed by atoms with van der Waals surface area (Å²) < 4.78 is 5.39. The molecular formula is C14H24N2O. The maximum absolute atomic E-state index is 5.39. The molecule has 0 saturated heterocycles. The van der Waals surface area contributed by atoms with Gasteiger partial charge in [0.05, 0.1) is 6.61 Å². The Morgan fingerprint density at radius 3 is 2.76 bits per heavy atom. The lowest BCUT2D eigenvalue weighted by Crippen LogP contribution is -2.24. The van der Waals surface area contributed by atoms with Crippen LogP contribution in [0.5, 0.6) is 0 Å². The van der Waals surface area contributed by atoms with Crippen LogP contribution in [0.3, 0.4) is 0 Å². The minimum atomic E-state index is 0.778. The second-order valence-electron chi connectivity index (χ2n) is 4.28. The van der Waals surface area contributed by atoms with E-state index in [1.807, 2.05) is 14.0 Å². The molecule has 0 aromatic heterocycles. The Hall–Kier alpha value is -1.06. The lowest BCUT2D eigenvalue weighted by molar-refractivity contribution is 0.154. The van der Waals surface area contributed by atoms with E-state index in [9.17, 15) is 0 Å². The molecule has 0 spiro atoms. The molecule has 0 saturated carbocycles. The van der Waals surface area contributed by atoms with Gasteiger partial charge < -0.3 is 15.0 Å². The third-order valence-corrected chi connectivity index (χ3v) is 2.79. The summed E-state index contributed by atoms with van der Waals surface area (Å²) in [6.07, 6.45) is 0. The van der Waals surface area contributed by atoms with E-state index in [0.29, 0.717) is 0 Å². The molecule has 17 heavy (non-hydrogen) atoms. The summed E-state index contributed by atoms with van der Waals surface area (Å²) in [4.78, 5) is 2.25. The number of hydrogen-bond donors (Lipinski definition) is 1. The summed E-state index contributed by atoms with van der Waals surface area (Å²) in [6.45, 7) is 7.54. The van der Waals surface area contributed by atoms with Crippen molar-refractivity contribution >= 4 is 5.69 Å². The number of nitrogens with one attached hydrogen (secondary N) is 1. The molecule has 0 atom stereocenters. The number of hydrogen-bond acceptors (Lipinski definition) is 3. The zero-order valence-corrected chi connectivity index (χ0v) is 11.4. The maximum atomic E-state index is 5.39. The Balaban J connectivity index is 2.73. The molecular weight excluding hydrogens is 212 g/mol. The first kappa shape index (κ1) is 14.0. The van der Waals surface area contributed by atoms with Gasteiger partial charge >= 0.3 is 0 Å². The Morgan fingerprint density at radius 2 is 2.12 bits per heavy atom. The topological polar surface area (TPSA) is 24.5 Å². The Kier molecular flexibility index (Phi) is 6.01. The first-order valence-electron chi connectivity index (χ1n) is 6.22. The minimum absolute atomic E-state index is 0.778. The van der Waals surface area contributed by atoms with Crippen molar-refractivity contribution < 1.29 is 4.74 Å². The van der Waals surface area contributed by atoms with E-state index in [-0.39, 0.29) is 0 Å². The average molecular weight is 236 g/mol. The van der Waals surface area contributed by atoms with Crippen LogP contribution in [0.25, 0.3) is 0 Å². The van der Waals surface area contributed by atoms with Gasteiger partial charge in [-0.25, -0.2) is 0 Å². The van der Waals surface area contributed by atoms with E-state index < -0.39 is 0 Å². The summed E-state index contributed by atoms with van der Waals surface area (Å²) in [5, 5.41) is 3.22. The fourth-order valence-corrected chi connectivity index (χ4v) is 1.88. The van der Waals surface area contributed by atoms with Crippen molar-refractivity contribution in [1.29, 1.82) is 0 Å². The van der Waals surface area contributed by atoms with E-state index in [0.717, 1.165) is 26.3 Å². The van der Waals surface area contributed by atoms with Crippen molar-refractivity contribution in [2.75, 3.05) is 38.8 Å². The van der Waals surface area contributed by atoms with Crippen LogP contribution in [0.2, 0.25) is 0 Å². The molecule has 1 rings (SSSR count). The molecule has 0 aliphatic rings. The summed E-state index contributed by atoms with van der Waals surface area (Å²) in [7, 11) is 4.09. The van der Waals surface area contributed by atoms with E-state index in [2.05, 4.69) is 42.4 Å². The Bertz CT molecular complexity index is 339. The van der Waals surface area contributed by atoms with E-state index >= 15 is 0 Å². The number of rotatable bonds is 7. The molecule has 1 N–H and O–H groups in total. The standard InChI is InChI=1S/C14H24N2O/c1-5-17-9-8-16(4)14-7-6-12(2)10-13(14)11-15-3/h6-7,10,15H,5,8-9,11H2,1-4H3. The van der Waals surface area contributed by atoms with Crippen LogP contribution in [0.1, 0.15) is 18.1 Å². The third-order valence-electron chi connectivity index (χ3n) is 2.79. The van der Waals surface area contributed by atoms with Crippen molar-refractivity contribution in [2.24, 2.45) is 0 Å². The number of likely N-dealkylation sites (N-methyl/N-ethyl adjacent to an activating group) is 1. The fourth-order valence-electron chi connectivity index (χ4n) is 1.88. The highest BCUT2D eigenvalue weighted by molar-refractivity contribution is 5.54. The number of nitrogens with zero attached hydrogens (tertiary/aromatic N) is 1. The Morgan fingerprint density at radius 1 is 1.35 bits per heavy atom. The average Bonchev–Trinajstić information content (AvgIpc) is 2.30. The van der Waals surface area contributed by atoms with Crippen molar-refractivity contribution in [3.8, 4) is 0 Å². The van der Waals surface area contributed by atoms with E-state index in [1.54, 1.807) is 0 Å². The lowest BCUT2D eigenvalue weighted by atomic mass is 10.1. The number of ether oxygens (including phenoxy) is 1. The van der Waals surface area contributed by atoms with Crippen LogP contribution in [-0.2, 0) is 11.3 Å². The minimum Gasteiger partial charge on any atom is -0.380 e. The summed E-state index contributed by atoms with van der Waals surface area (Å²) in [5.41, 5.74) is 3.92. The number of aryl methyl sites for hydroxylation is 1. The van der Waals surface area contributed by atoms with Crippen LogP contribution in [0.4, 0.5) is 5.69 Å². The van der Waals surface area contributed by atoms with Gasteiger partial charge in [-0.1, -0.05) is 17.7 Å². The van der Waals surface area contributed by atoms with Gasteiger partial charge in [0.15, 0.2) is 0 Å². The van der Waals surface area contributed by atoms with Crippen molar-refractivity contribution in [3.05, 3.63) is 29.3 Å². The molecule has 0 aliphatic carbocycles. The van der Waals surface area contributed by atoms with Gasteiger partial charge in [0.25, 0.3) is 0 Å². The second kappa shape index (κ2) is 7.30. The molecule has 0 bridgehead atoms. The smallest absolute Gasteiger partial charge is 0.0641 e. The zero-order valence-electron chi connectivity index (χ0n) is 11.4. The van der Waals surface area contributed by atoms with Gasteiger partial charge in [0.2, 0.25) is 0 Å². The predicted molar refractivity (Wildman–Crippen MR) is 73.7 cm³/mol. The molecule has 1 aromatic rings. The largest absolute Gasteiger partial charge is 0.380 e. The Labute approximate surface area is 105 Å². The van der Waals surface area contributed by atoms with Gasteiger partial charge in [0, 0.05) is 32.4 Å². The van der Waals surface area contributed by atoms with Crippen LogP contribution in [-0.4, -0.2) is 33.9 Å². The lowest BCUT2D eigenvalue weighted by Gasteiger charge is -2.22. The monoisotopic (exact) mass is 236 g/mol. The van der Waals surface area contributed by atoms with E-state index in [4.69, 9.17) is 4.74 Å². The third kappa shape index (κ3) is 4.36. The molecule has 1 aromatic carbocycles. The quantitative estimate of drug-likeness (QED) is 0.734. The van der Waals surface area contributed by atoms with Gasteiger partial charge in [-0.15, -0.1) is 0 Å². The fraction of sp³-hybridized carbons (Fsp3) is 0.571. The van der Waals surface area contributed by atoms with Crippen LogP contribution >= 0.6 is 0 Å². The van der Waals surface area contributed by atoms with Gasteiger partial charge in [0.1, 0.15) is 0 Å². The van der Waals surface area contributed by atoms with Crippen molar-refractivity contribution in [2.45, 2.75) is 20.4 Å². The van der Waals surface area contributed by atoms with E-state index in [1.165, 1.54) is 16.8 Å². The first-order valence-corrected chi connectivity index (χ1v) is 6.22. The van der Waals surface area contributed by atoms with Gasteiger partial charge in [-0.05, 0) is 32.5 Å². The number of benzene rings is 1. The van der Waals surface area contributed by atoms with Crippen molar-refractivity contribution in [3.63, 3.8) is 0 Å². The molecule has 0 unspecified atom stereocenters. The molecule has 3 nitrogen and oxygen atoms in total. The zero-order chi connectivity index (χ0) is 12.7. The maximum Gasteiger partial charge on any atom is 0.0641 e. The highest BCUT2D eigenvalue weighted by Gasteiger charge is 2.06. The molecule has 3 heteroatoms. The molecule has 0 radical (unpaired) electrons. The van der Waals surface area contributed by atoms with Gasteiger partial charge in [-0.2, -0.15) is 0 Å². The molecule has 0 fully saturated rings. The molecule has 0 aliphatic heterocycles. The summed E-state index contributed by atoms with van der Waals surface area (Å²) >= 11 is 0. The van der Waals surface area contributed by atoms with Crippen LogP contribution < -0.4 is 10.2 Å². The highest BCUT2D eigenvalue weighted by atomic mass is 16.5. The molecule has 96 valence electrons. The van der Waals surface area contributed by atoms with Gasteiger partial charge in [-0.3, -0.25) is 0 Å².